The molecule has 23 heavy (non-hydrogen) atoms. The summed E-state index contributed by atoms with van der Waals surface area (Å²) in [6.07, 6.45) is 34.3. The molecular formula is C22H33O. The van der Waals surface area contributed by atoms with Crippen LogP contribution in [-0.4, -0.2) is 6.29 Å². The van der Waals surface area contributed by atoms with Gasteiger partial charge >= 0.3 is 0 Å². The lowest BCUT2D eigenvalue weighted by Crippen LogP contribution is -1.80. The van der Waals surface area contributed by atoms with Gasteiger partial charge in [0.25, 0.3) is 0 Å². The van der Waals surface area contributed by atoms with Gasteiger partial charge in [-0.3, -0.25) is 4.79 Å². The minimum Gasteiger partial charge on any atom is -0.286 e. The molecule has 0 aromatic carbocycles. The molecule has 0 aliphatic heterocycles. The van der Waals surface area contributed by atoms with Crippen LogP contribution in [0.1, 0.15) is 71.1 Å². The Bertz CT molecular complexity index is 383. The second-order valence-corrected chi connectivity index (χ2v) is 5.68. The lowest BCUT2D eigenvalue weighted by atomic mass is 10.1. The smallest absolute Gasteiger partial charge is 0.225 e. The van der Waals surface area contributed by atoms with Crippen molar-refractivity contribution in [2.45, 2.75) is 71.1 Å². The first kappa shape index (κ1) is 21.4. The maximum absolute atomic E-state index is 9.90. The summed E-state index contributed by atoms with van der Waals surface area (Å²) in [7, 11) is 0. The van der Waals surface area contributed by atoms with Crippen molar-refractivity contribution in [3.63, 3.8) is 0 Å². The van der Waals surface area contributed by atoms with Crippen LogP contribution in [0.3, 0.4) is 0 Å². The highest BCUT2D eigenvalue weighted by Crippen LogP contribution is 2.10. The first-order valence-corrected chi connectivity index (χ1v) is 9.11. The molecule has 0 amide bonds. The highest BCUT2D eigenvalue weighted by molar-refractivity contribution is 5.66. The van der Waals surface area contributed by atoms with Crippen molar-refractivity contribution < 1.29 is 4.79 Å². The van der Waals surface area contributed by atoms with Gasteiger partial charge in [-0.05, 0) is 18.9 Å². The zero-order valence-electron chi connectivity index (χ0n) is 14.8. The molecule has 0 rings (SSSR count). The van der Waals surface area contributed by atoms with Crippen molar-refractivity contribution in [1.82, 2.24) is 0 Å². The molecule has 0 saturated heterocycles. The van der Waals surface area contributed by atoms with Crippen molar-refractivity contribution in [3.05, 3.63) is 60.8 Å². The number of rotatable bonds is 15. The SMILES string of the molecule is CCCCCCCCCCC/C=C/C=C/C=C/C=C/C=C/[C]=O. The monoisotopic (exact) mass is 313 g/mol. The molecule has 1 heteroatoms. The third kappa shape index (κ3) is 20.4. The van der Waals surface area contributed by atoms with Crippen molar-refractivity contribution in [2.24, 2.45) is 0 Å². The second-order valence-electron chi connectivity index (χ2n) is 5.68. The number of allylic oxidation sites excluding steroid dienone is 10. The van der Waals surface area contributed by atoms with Crippen LogP contribution in [0.4, 0.5) is 0 Å². The van der Waals surface area contributed by atoms with Crippen LogP contribution in [0.15, 0.2) is 60.8 Å². The number of hydrogen-bond acceptors (Lipinski definition) is 1. The highest BCUT2D eigenvalue weighted by atomic mass is 16.1. The van der Waals surface area contributed by atoms with Crippen LogP contribution in [0.25, 0.3) is 0 Å². The largest absolute Gasteiger partial charge is 0.286 e. The van der Waals surface area contributed by atoms with Gasteiger partial charge in [0.2, 0.25) is 6.29 Å². The molecule has 0 aromatic rings. The average molecular weight is 314 g/mol. The van der Waals surface area contributed by atoms with Gasteiger partial charge in [-0.2, -0.15) is 0 Å². The van der Waals surface area contributed by atoms with E-state index in [1.165, 1.54) is 70.3 Å². The van der Waals surface area contributed by atoms with E-state index < -0.39 is 0 Å². The molecule has 0 unspecified atom stereocenters. The van der Waals surface area contributed by atoms with Gasteiger partial charge in [0.05, 0.1) is 0 Å². The minimum absolute atomic E-state index is 1.18. The summed E-state index contributed by atoms with van der Waals surface area (Å²) in [4.78, 5) is 9.90. The summed E-state index contributed by atoms with van der Waals surface area (Å²) >= 11 is 0. The average Bonchev–Trinajstić information content (AvgIpc) is 2.57. The van der Waals surface area contributed by atoms with E-state index in [4.69, 9.17) is 0 Å². The Morgan fingerprint density at radius 1 is 0.609 bits per heavy atom. The van der Waals surface area contributed by atoms with E-state index in [1.807, 2.05) is 30.4 Å². The van der Waals surface area contributed by atoms with Gasteiger partial charge in [0, 0.05) is 0 Å². The van der Waals surface area contributed by atoms with Crippen LogP contribution in [0.5, 0.6) is 0 Å². The molecular weight excluding hydrogens is 280 g/mol. The van der Waals surface area contributed by atoms with Crippen LogP contribution in [0.2, 0.25) is 0 Å². The molecule has 0 atom stereocenters. The van der Waals surface area contributed by atoms with Crippen LogP contribution in [-0.2, 0) is 4.79 Å². The van der Waals surface area contributed by atoms with E-state index in [2.05, 4.69) is 19.1 Å². The Balaban J connectivity index is 3.38. The maximum Gasteiger partial charge on any atom is 0.225 e. The minimum atomic E-state index is 1.18. The Kier molecular flexibility index (Phi) is 18.9. The van der Waals surface area contributed by atoms with Crippen molar-refractivity contribution in [2.75, 3.05) is 0 Å². The Hall–Kier alpha value is -1.63. The Morgan fingerprint density at radius 3 is 1.65 bits per heavy atom. The maximum atomic E-state index is 9.90. The molecule has 0 bridgehead atoms. The molecule has 127 valence electrons. The molecule has 0 N–H and O–H groups in total. The lowest BCUT2D eigenvalue weighted by Gasteiger charge is -2.00. The van der Waals surface area contributed by atoms with E-state index in [9.17, 15) is 4.79 Å². The summed E-state index contributed by atoms with van der Waals surface area (Å²) in [6, 6.07) is 0. The topological polar surface area (TPSA) is 17.1 Å². The summed E-state index contributed by atoms with van der Waals surface area (Å²) in [5, 5.41) is 0. The summed E-state index contributed by atoms with van der Waals surface area (Å²) in [6.45, 7) is 2.27. The second kappa shape index (κ2) is 20.4. The standard InChI is InChI=1S/C22H33O/c1-2-3-4-5-6-7-8-9-10-11-12-13-14-15-16-17-18-19-20-21-22-23/h12-21H,2-11H2,1H3/b13-12+,15-14+,17-16+,19-18+,21-20+. The summed E-state index contributed by atoms with van der Waals surface area (Å²) in [5.74, 6) is 0. The van der Waals surface area contributed by atoms with Gasteiger partial charge in [0.15, 0.2) is 0 Å². The van der Waals surface area contributed by atoms with Gasteiger partial charge < -0.3 is 0 Å². The third-order valence-electron chi connectivity index (χ3n) is 3.55. The van der Waals surface area contributed by atoms with Crippen LogP contribution >= 0.6 is 0 Å². The number of hydrogen-bond donors (Lipinski definition) is 0. The quantitative estimate of drug-likeness (QED) is 0.185. The van der Waals surface area contributed by atoms with Crippen molar-refractivity contribution >= 4 is 6.29 Å². The number of carbonyl (C=O) groups excluding carboxylic acids is 1. The first-order chi connectivity index (χ1) is 11.4. The van der Waals surface area contributed by atoms with Crippen molar-refractivity contribution in [3.8, 4) is 0 Å². The van der Waals surface area contributed by atoms with E-state index in [0.717, 1.165) is 0 Å². The fraction of sp³-hybridized carbons (Fsp3) is 0.500. The fourth-order valence-electron chi connectivity index (χ4n) is 2.23. The predicted octanol–water partition coefficient (Wildman–Crippen LogP) is 6.80. The Morgan fingerprint density at radius 2 is 1.09 bits per heavy atom. The fourth-order valence-corrected chi connectivity index (χ4v) is 2.23. The van der Waals surface area contributed by atoms with Crippen LogP contribution in [0, 0.1) is 0 Å². The zero-order valence-corrected chi connectivity index (χ0v) is 14.8. The predicted molar refractivity (Wildman–Crippen MR) is 103 cm³/mol. The third-order valence-corrected chi connectivity index (χ3v) is 3.55. The molecule has 0 aromatic heterocycles. The molecule has 0 saturated carbocycles. The van der Waals surface area contributed by atoms with E-state index >= 15 is 0 Å². The Labute approximate surface area is 143 Å². The van der Waals surface area contributed by atoms with Gasteiger partial charge in [-0.1, -0.05) is 113 Å². The zero-order chi connectivity index (χ0) is 16.8. The molecule has 0 aliphatic rings. The lowest BCUT2D eigenvalue weighted by molar-refractivity contribution is 0.564. The molecule has 0 heterocycles. The number of unbranched alkanes of at least 4 members (excludes halogenated alkanes) is 9. The molecule has 1 nitrogen and oxygen atoms in total. The first-order valence-electron chi connectivity index (χ1n) is 9.11. The van der Waals surface area contributed by atoms with Crippen molar-refractivity contribution in [1.29, 1.82) is 0 Å². The van der Waals surface area contributed by atoms with Gasteiger partial charge in [-0.15, -0.1) is 0 Å². The van der Waals surface area contributed by atoms with E-state index in [0.29, 0.717) is 0 Å². The van der Waals surface area contributed by atoms with E-state index in [1.54, 1.807) is 18.4 Å². The normalized spacial score (nSPS) is 12.7. The highest BCUT2D eigenvalue weighted by Gasteiger charge is 1.90. The summed E-state index contributed by atoms with van der Waals surface area (Å²) in [5.41, 5.74) is 0. The van der Waals surface area contributed by atoms with Gasteiger partial charge in [-0.25, -0.2) is 0 Å². The van der Waals surface area contributed by atoms with Gasteiger partial charge in [0.1, 0.15) is 0 Å². The molecule has 0 spiro atoms. The van der Waals surface area contributed by atoms with Crippen LogP contribution < -0.4 is 0 Å². The molecule has 0 aliphatic carbocycles. The summed E-state index contributed by atoms with van der Waals surface area (Å²) < 4.78 is 0. The molecule has 0 fully saturated rings. The molecule has 1 radical (unpaired) electrons. The van der Waals surface area contributed by atoms with E-state index in [-0.39, 0.29) is 0 Å².